The second kappa shape index (κ2) is 8.16. The van der Waals surface area contributed by atoms with Crippen molar-refractivity contribution >= 4 is 11.6 Å². The monoisotopic (exact) mass is 313 g/mol. The minimum Gasteiger partial charge on any atom is -0.383 e. The third kappa shape index (κ3) is 4.44. The molecule has 1 fully saturated rings. The molecule has 21 heavy (non-hydrogen) atoms. The molecular formula is C16H28ClN3O. The molecule has 0 amide bonds. The smallest absolute Gasteiger partial charge is 0.0820 e. The van der Waals surface area contributed by atoms with Gasteiger partial charge in [-0.15, -0.1) is 0 Å². The van der Waals surface area contributed by atoms with Gasteiger partial charge in [0.25, 0.3) is 0 Å². The van der Waals surface area contributed by atoms with E-state index in [1.165, 1.54) is 31.4 Å². The quantitative estimate of drug-likeness (QED) is 0.838. The Balaban J connectivity index is 2.14. The Bertz CT molecular complexity index is 433. The summed E-state index contributed by atoms with van der Waals surface area (Å²) in [6.07, 6.45) is 6.88. The minimum absolute atomic E-state index is 0.511. The van der Waals surface area contributed by atoms with Crippen molar-refractivity contribution in [3.63, 3.8) is 0 Å². The molecule has 0 bridgehead atoms. The van der Waals surface area contributed by atoms with Gasteiger partial charge in [0.05, 0.1) is 30.1 Å². The second-order valence-corrected chi connectivity index (χ2v) is 6.71. The lowest BCUT2D eigenvalue weighted by Gasteiger charge is -2.33. The van der Waals surface area contributed by atoms with Crippen molar-refractivity contribution in [2.75, 3.05) is 20.3 Å². The van der Waals surface area contributed by atoms with Crippen LogP contribution in [0.5, 0.6) is 0 Å². The molecule has 5 heteroatoms. The van der Waals surface area contributed by atoms with Crippen LogP contribution in [0.25, 0.3) is 0 Å². The van der Waals surface area contributed by atoms with E-state index >= 15 is 0 Å². The summed E-state index contributed by atoms with van der Waals surface area (Å²) in [5, 5.41) is 8.85. The molecule has 1 aliphatic rings. The Hall–Kier alpha value is -0.580. The standard InChI is InChI=1S/C16H28ClN3O/c1-12(2)18-10-13-6-4-5-7-14(13)16-15(17)11-19-20(16)8-9-21-3/h11-14,18H,4-10H2,1-3H3. The van der Waals surface area contributed by atoms with Crippen LogP contribution >= 0.6 is 11.6 Å². The van der Waals surface area contributed by atoms with Crippen LogP contribution < -0.4 is 5.32 Å². The number of halogens is 1. The lowest BCUT2D eigenvalue weighted by molar-refractivity contribution is 0.179. The summed E-state index contributed by atoms with van der Waals surface area (Å²) in [7, 11) is 1.72. The van der Waals surface area contributed by atoms with Gasteiger partial charge in [-0.2, -0.15) is 5.10 Å². The van der Waals surface area contributed by atoms with E-state index in [1.54, 1.807) is 13.3 Å². The van der Waals surface area contributed by atoms with Crippen LogP contribution in [0.3, 0.4) is 0 Å². The summed E-state index contributed by atoms with van der Waals surface area (Å²) in [6.45, 7) is 6.92. The van der Waals surface area contributed by atoms with Crippen LogP contribution in [0.4, 0.5) is 0 Å². The van der Waals surface area contributed by atoms with Crippen molar-refractivity contribution in [1.29, 1.82) is 0 Å². The van der Waals surface area contributed by atoms with E-state index in [1.807, 2.05) is 4.68 Å². The minimum atomic E-state index is 0.511. The maximum Gasteiger partial charge on any atom is 0.0820 e. The normalized spacial score (nSPS) is 22.9. The SMILES string of the molecule is COCCn1ncc(Cl)c1C1CCCCC1CNC(C)C. The van der Waals surface area contributed by atoms with Crippen molar-refractivity contribution in [3.05, 3.63) is 16.9 Å². The van der Waals surface area contributed by atoms with Crippen LogP contribution in [-0.4, -0.2) is 36.1 Å². The Kier molecular flexibility index (Phi) is 6.52. The summed E-state index contributed by atoms with van der Waals surface area (Å²) in [6, 6.07) is 0.529. The molecule has 2 rings (SSSR count). The molecule has 2 atom stereocenters. The molecule has 1 aromatic heterocycles. The summed E-state index contributed by atoms with van der Waals surface area (Å²) in [4.78, 5) is 0. The first kappa shape index (κ1) is 16.8. The highest BCUT2D eigenvalue weighted by Gasteiger charge is 2.30. The number of aromatic nitrogens is 2. The summed E-state index contributed by atoms with van der Waals surface area (Å²) < 4.78 is 7.23. The van der Waals surface area contributed by atoms with Crippen LogP contribution in [-0.2, 0) is 11.3 Å². The molecule has 0 radical (unpaired) electrons. The molecule has 120 valence electrons. The summed E-state index contributed by atoms with van der Waals surface area (Å²) in [5.74, 6) is 1.16. The largest absolute Gasteiger partial charge is 0.383 e. The number of ether oxygens (including phenoxy) is 1. The van der Waals surface area contributed by atoms with Gasteiger partial charge in [0.2, 0.25) is 0 Å². The van der Waals surface area contributed by atoms with Crippen LogP contribution in [0.1, 0.15) is 51.1 Å². The molecule has 1 heterocycles. The lowest BCUT2D eigenvalue weighted by atomic mass is 9.77. The predicted molar refractivity (Wildman–Crippen MR) is 87.0 cm³/mol. The van der Waals surface area contributed by atoms with Gasteiger partial charge in [0.1, 0.15) is 0 Å². The topological polar surface area (TPSA) is 39.1 Å². The third-order valence-electron chi connectivity index (χ3n) is 4.39. The van der Waals surface area contributed by atoms with Gasteiger partial charge in [-0.3, -0.25) is 4.68 Å². The highest BCUT2D eigenvalue weighted by atomic mass is 35.5. The van der Waals surface area contributed by atoms with Gasteiger partial charge in [0.15, 0.2) is 0 Å². The first-order valence-electron chi connectivity index (χ1n) is 8.07. The van der Waals surface area contributed by atoms with Gasteiger partial charge in [-0.25, -0.2) is 0 Å². The van der Waals surface area contributed by atoms with E-state index in [0.717, 1.165) is 18.1 Å². The second-order valence-electron chi connectivity index (χ2n) is 6.31. The van der Waals surface area contributed by atoms with E-state index in [4.69, 9.17) is 16.3 Å². The van der Waals surface area contributed by atoms with Crippen LogP contribution in [0, 0.1) is 5.92 Å². The number of rotatable bonds is 7. The Morgan fingerprint density at radius 3 is 2.90 bits per heavy atom. The van der Waals surface area contributed by atoms with Crippen molar-refractivity contribution in [3.8, 4) is 0 Å². The number of hydrogen-bond acceptors (Lipinski definition) is 3. The zero-order chi connectivity index (χ0) is 15.2. The van der Waals surface area contributed by atoms with E-state index in [2.05, 4.69) is 24.3 Å². The van der Waals surface area contributed by atoms with Crippen LogP contribution in [0.2, 0.25) is 5.02 Å². The van der Waals surface area contributed by atoms with Gasteiger partial charge >= 0.3 is 0 Å². The molecule has 0 aromatic carbocycles. The maximum absolute atomic E-state index is 6.44. The number of methoxy groups -OCH3 is 1. The van der Waals surface area contributed by atoms with Crippen molar-refractivity contribution in [1.82, 2.24) is 15.1 Å². The lowest BCUT2D eigenvalue weighted by Crippen LogP contribution is -2.34. The highest BCUT2D eigenvalue weighted by molar-refractivity contribution is 6.31. The predicted octanol–water partition coefficient (Wildman–Crippen LogP) is 3.45. The van der Waals surface area contributed by atoms with Gasteiger partial charge in [-0.05, 0) is 25.3 Å². The maximum atomic E-state index is 6.44. The van der Waals surface area contributed by atoms with Gasteiger partial charge < -0.3 is 10.1 Å². The molecule has 0 saturated heterocycles. The summed E-state index contributed by atoms with van der Waals surface area (Å²) in [5.41, 5.74) is 1.21. The fourth-order valence-electron chi connectivity index (χ4n) is 3.30. The fraction of sp³-hybridized carbons (Fsp3) is 0.812. The third-order valence-corrected chi connectivity index (χ3v) is 4.68. The molecule has 2 unspecified atom stereocenters. The molecular weight excluding hydrogens is 286 g/mol. The first-order valence-corrected chi connectivity index (χ1v) is 8.44. The van der Waals surface area contributed by atoms with Crippen molar-refractivity contribution < 1.29 is 4.74 Å². The molecule has 1 aliphatic carbocycles. The van der Waals surface area contributed by atoms with Crippen molar-refractivity contribution in [2.24, 2.45) is 5.92 Å². The Morgan fingerprint density at radius 2 is 2.19 bits per heavy atom. The van der Waals surface area contributed by atoms with E-state index in [-0.39, 0.29) is 0 Å². The fourth-order valence-corrected chi connectivity index (χ4v) is 3.58. The molecule has 0 aliphatic heterocycles. The molecule has 1 aromatic rings. The van der Waals surface area contributed by atoms with E-state index in [9.17, 15) is 0 Å². The Morgan fingerprint density at radius 1 is 1.43 bits per heavy atom. The number of hydrogen-bond donors (Lipinski definition) is 1. The number of nitrogens with one attached hydrogen (secondary N) is 1. The zero-order valence-electron chi connectivity index (χ0n) is 13.4. The Labute approximate surface area is 133 Å². The van der Waals surface area contributed by atoms with Crippen molar-refractivity contribution in [2.45, 2.75) is 58.0 Å². The molecule has 0 spiro atoms. The first-order chi connectivity index (χ1) is 10.1. The van der Waals surface area contributed by atoms with Crippen LogP contribution in [0.15, 0.2) is 6.20 Å². The summed E-state index contributed by atoms with van der Waals surface area (Å²) >= 11 is 6.44. The molecule has 1 saturated carbocycles. The van der Waals surface area contributed by atoms with Gasteiger partial charge in [-0.1, -0.05) is 38.3 Å². The molecule has 4 nitrogen and oxygen atoms in total. The highest BCUT2D eigenvalue weighted by Crippen LogP contribution is 2.40. The molecule has 1 N–H and O–H groups in total. The van der Waals surface area contributed by atoms with E-state index < -0.39 is 0 Å². The van der Waals surface area contributed by atoms with E-state index in [0.29, 0.717) is 24.5 Å². The van der Waals surface area contributed by atoms with Gasteiger partial charge in [0, 0.05) is 19.1 Å². The average molecular weight is 314 g/mol. The zero-order valence-corrected chi connectivity index (χ0v) is 14.2. The average Bonchev–Trinajstić information content (AvgIpc) is 2.84. The number of nitrogens with zero attached hydrogens (tertiary/aromatic N) is 2.